The molecule has 6 nitrogen and oxygen atoms in total. The first-order chi connectivity index (χ1) is 16.6. The number of halogens is 1. The molecule has 0 saturated carbocycles. The lowest BCUT2D eigenvalue weighted by atomic mass is 9.90. The smallest absolute Gasteiger partial charge is 0.138 e. The number of aliphatic hydroxyl groups is 1. The summed E-state index contributed by atoms with van der Waals surface area (Å²) in [7, 11) is 1.00. The van der Waals surface area contributed by atoms with E-state index in [0.29, 0.717) is 19.6 Å². The summed E-state index contributed by atoms with van der Waals surface area (Å²) in [6, 6.07) is 16.6. The Kier molecular flexibility index (Phi) is 10.4. The number of hydrogen-bond acceptors (Lipinski definition) is 5. The van der Waals surface area contributed by atoms with Gasteiger partial charge in [0, 0.05) is 30.5 Å². The van der Waals surface area contributed by atoms with Crippen molar-refractivity contribution < 1.29 is 19.1 Å². The molecule has 0 radical (unpaired) electrons. The third-order valence-corrected chi connectivity index (χ3v) is 6.58. The second kappa shape index (κ2) is 13.2. The average Bonchev–Trinajstić information content (AvgIpc) is 3.32. The monoisotopic (exact) mass is 592 g/mol. The zero-order chi connectivity index (χ0) is 24.4. The average molecular weight is 592 g/mol. The number of aliphatic hydroxyl groups excluding tert-OH is 1. The molecule has 4 rings (SSSR count). The second-order valence-electron chi connectivity index (χ2n) is 8.25. The van der Waals surface area contributed by atoms with Gasteiger partial charge in [0.1, 0.15) is 17.7 Å². The molecule has 0 amide bonds. The van der Waals surface area contributed by atoms with Crippen molar-refractivity contribution in [2.45, 2.75) is 26.5 Å². The van der Waals surface area contributed by atoms with Crippen LogP contribution in [0.2, 0.25) is 0 Å². The second-order valence-corrected chi connectivity index (χ2v) is 9.96. The van der Waals surface area contributed by atoms with Gasteiger partial charge in [-0.15, -0.1) is 0 Å². The van der Waals surface area contributed by atoms with Crippen molar-refractivity contribution in [2.24, 2.45) is 5.41 Å². The molecule has 3 aromatic rings. The molecule has 1 aliphatic rings. The number of benzene rings is 2. The quantitative estimate of drug-likeness (QED) is 0.208. The first kappa shape index (κ1) is 26.7. The Labute approximate surface area is 216 Å². The van der Waals surface area contributed by atoms with Gasteiger partial charge < -0.3 is 23.7 Å². The van der Waals surface area contributed by atoms with Crippen molar-refractivity contribution >= 4 is 28.5 Å². The van der Waals surface area contributed by atoms with Gasteiger partial charge in [-0.1, -0.05) is 43.0 Å². The van der Waals surface area contributed by atoms with Crippen molar-refractivity contribution in [1.29, 1.82) is 0 Å². The number of hydrogen-bond donors (Lipinski definition) is 1. The summed E-state index contributed by atoms with van der Waals surface area (Å²) >= 11 is 2.22. The molecule has 8 heteroatoms. The molecule has 1 saturated heterocycles. The van der Waals surface area contributed by atoms with E-state index in [1.54, 1.807) is 6.20 Å². The first-order valence-electron chi connectivity index (χ1n) is 10.9. The van der Waals surface area contributed by atoms with Gasteiger partial charge in [0.25, 0.3) is 0 Å². The zero-order valence-corrected chi connectivity index (χ0v) is 22.8. The molecule has 2 unspecified atom stereocenters. The Morgan fingerprint density at radius 2 is 1.79 bits per heavy atom. The Morgan fingerprint density at radius 1 is 1.15 bits per heavy atom. The molecule has 2 atom stereocenters. The van der Waals surface area contributed by atoms with Gasteiger partial charge >= 0.3 is 0 Å². The maximum absolute atomic E-state index is 7.00. The zero-order valence-electron chi connectivity index (χ0n) is 19.6. The van der Waals surface area contributed by atoms with Crippen LogP contribution >= 0.6 is 28.5 Å². The number of aromatic nitrogens is 2. The van der Waals surface area contributed by atoms with Crippen molar-refractivity contribution in [2.75, 3.05) is 26.9 Å². The highest BCUT2D eigenvalue weighted by Crippen LogP contribution is 2.31. The predicted molar refractivity (Wildman–Crippen MR) is 145 cm³/mol. The van der Waals surface area contributed by atoms with Crippen molar-refractivity contribution in [3.05, 3.63) is 72.3 Å². The highest BCUT2D eigenvalue weighted by atomic mass is 127. The lowest BCUT2D eigenvalue weighted by Crippen LogP contribution is -2.44. The van der Waals surface area contributed by atoms with Crippen LogP contribution in [-0.2, 0) is 15.8 Å². The number of imidazole rings is 1. The van der Waals surface area contributed by atoms with Gasteiger partial charge in [-0.2, -0.15) is 0 Å². The summed E-state index contributed by atoms with van der Waals surface area (Å²) in [5.41, 5.74) is 3.45. The lowest BCUT2D eigenvalue weighted by molar-refractivity contribution is -0.120. The summed E-state index contributed by atoms with van der Waals surface area (Å²) in [5, 5.41) is 7.00. The van der Waals surface area contributed by atoms with Crippen LogP contribution in [0.25, 0.3) is 11.1 Å². The molecule has 0 aliphatic carbocycles. The molecule has 34 heavy (non-hydrogen) atoms. The predicted octanol–water partition coefficient (Wildman–Crippen LogP) is 5.65. The maximum Gasteiger partial charge on any atom is 0.138 e. The maximum atomic E-state index is 7.00. The van der Waals surface area contributed by atoms with Crippen LogP contribution in [0.3, 0.4) is 0 Å². The standard InChI is InChI=1S/C25H26IN2O3P.CH4O/c1-19(31-32-26)24-27-13-15-28(24)14-3-4-20-5-7-21(8-6-20)22-9-11-23(12-10-22)30-18-25(2)16-29-17-25;1-2/h5-13,15,19,32H,14,16-18H2,1-2H3;2H,1H3. The van der Waals surface area contributed by atoms with E-state index < -0.39 is 0 Å². The number of ether oxygens (including phenoxy) is 2. The molecule has 1 aliphatic heterocycles. The van der Waals surface area contributed by atoms with Gasteiger partial charge in [0.15, 0.2) is 0 Å². The third-order valence-electron chi connectivity index (χ3n) is 5.38. The van der Waals surface area contributed by atoms with E-state index in [1.807, 2.05) is 29.8 Å². The van der Waals surface area contributed by atoms with Gasteiger partial charge in [-0.05, 0) is 64.4 Å². The minimum Gasteiger partial charge on any atom is -0.493 e. The summed E-state index contributed by atoms with van der Waals surface area (Å²) in [6.45, 7) is 7.42. The van der Waals surface area contributed by atoms with Crippen LogP contribution in [0.15, 0.2) is 60.9 Å². The fourth-order valence-electron chi connectivity index (χ4n) is 3.44. The van der Waals surface area contributed by atoms with Gasteiger partial charge in [-0.25, -0.2) is 4.98 Å². The summed E-state index contributed by atoms with van der Waals surface area (Å²) < 4.78 is 18.9. The van der Waals surface area contributed by atoms with E-state index in [1.165, 1.54) is 0 Å². The summed E-state index contributed by atoms with van der Waals surface area (Å²) in [5.74, 6) is 8.27. The van der Waals surface area contributed by atoms with Crippen LogP contribution in [0.1, 0.15) is 31.3 Å². The molecule has 1 fully saturated rings. The molecule has 0 spiro atoms. The molecule has 1 aromatic heterocycles. The Morgan fingerprint density at radius 3 is 2.38 bits per heavy atom. The lowest BCUT2D eigenvalue weighted by Gasteiger charge is -2.37. The normalized spacial score (nSPS) is 15.0. The third kappa shape index (κ3) is 7.27. The Bertz CT molecular complexity index is 1090. The highest BCUT2D eigenvalue weighted by molar-refractivity contribution is 14.2. The fraction of sp³-hybridized carbons (Fsp3) is 0.346. The molecular formula is C26H30IN2O4P. The van der Waals surface area contributed by atoms with Crippen LogP contribution in [0.4, 0.5) is 0 Å². The van der Waals surface area contributed by atoms with Crippen molar-refractivity contribution in [3.63, 3.8) is 0 Å². The van der Waals surface area contributed by atoms with E-state index in [2.05, 4.69) is 82.2 Å². The Balaban J connectivity index is 0.00000158. The molecule has 2 aromatic carbocycles. The van der Waals surface area contributed by atoms with E-state index in [0.717, 1.165) is 48.6 Å². The van der Waals surface area contributed by atoms with Crippen molar-refractivity contribution in [1.82, 2.24) is 9.55 Å². The topological polar surface area (TPSA) is 65.7 Å². The van der Waals surface area contributed by atoms with E-state index in [9.17, 15) is 0 Å². The molecule has 0 bridgehead atoms. The fourth-order valence-corrected chi connectivity index (χ4v) is 4.82. The number of nitrogens with zero attached hydrogens (tertiary/aromatic N) is 2. The Hall–Kier alpha value is -1.95. The molecule has 1 N–H and O–H groups in total. The molecule has 2 heterocycles. The van der Waals surface area contributed by atoms with Gasteiger partial charge in [0.2, 0.25) is 0 Å². The van der Waals surface area contributed by atoms with E-state index in [4.69, 9.17) is 19.1 Å². The van der Waals surface area contributed by atoms with Crippen molar-refractivity contribution in [3.8, 4) is 28.7 Å². The van der Waals surface area contributed by atoms with Crippen LogP contribution in [-0.4, -0.2) is 41.6 Å². The van der Waals surface area contributed by atoms with E-state index in [-0.39, 0.29) is 11.5 Å². The summed E-state index contributed by atoms with van der Waals surface area (Å²) in [4.78, 5) is 4.40. The van der Waals surface area contributed by atoms with Gasteiger partial charge in [0.05, 0.1) is 32.8 Å². The van der Waals surface area contributed by atoms with Crippen LogP contribution in [0, 0.1) is 17.3 Å². The van der Waals surface area contributed by atoms with Crippen LogP contribution in [0.5, 0.6) is 5.75 Å². The molecule has 180 valence electrons. The molecular weight excluding hydrogens is 562 g/mol. The minimum atomic E-state index is -0.0339. The number of rotatable bonds is 8. The highest BCUT2D eigenvalue weighted by Gasteiger charge is 2.34. The van der Waals surface area contributed by atoms with Crippen LogP contribution < -0.4 is 4.74 Å². The SMILES string of the molecule is CC(OPI)c1nccn1CC#Cc1ccc(-c2ccc(OCC3(C)COC3)cc2)cc1.CO. The first-order valence-corrected chi connectivity index (χ1v) is 15.0. The van der Waals surface area contributed by atoms with E-state index >= 15 is 0 Å². The largest absolute Gasteiger partial charge is 0.493 e. The van der Waals surface area contributed by atoms with Gasteiger partial charge in [-0.3, -0.25) is 0 Å². The summed E-state index contributed by atoms with van der Waals surface area (Å²) in [6.07, 6.45) is 3.70. The minimum absolute atomic E-state index is 0.0339.